The van der Waals surface area contributed by atoms with Crippen molar-refractivity contribution in [2.75, 3.05) is 13.1 Å². The minimum absolute atomic E-state index is 0.157. The number of aromatic nitrogens is 3. The number of benzene rings is 1. The lowest BCUT2D eigenvalue weighted by atomic mass is 10.0. The van der Waals surface area contributed by atoms with Gasteiger partial charge in [-0.1, -0.05) is 6.07 Å². The molecule has 5 heteroatoms. The predicted octanol–water partition coefficient (Wildman–Crippen LogP) is 2.56. The maximum absolute atomic E-state index is 13.4. The Hall–Kier alpha value is -1.75. The zero-order valence-corrected chi connectivity index (χ0v) is 11.7. The fourth-order valence-electron chi connectivity index (χ4n) is 2.85. The zero-order chi connectivity index (χ0) is 13.9. The summed E-state index contributed by atoms with van der Waals surface area (Å²) in [6.45, 7) is 4.84. The summed E-state index contributed by atoms with van der Waals surface area (Å²) in [7, 11) is 0. The number of likely N-dealkylation sites (tertiary alicyclic amines) is 1. The molecule has 0 radical (unpaired) electrons. The van der Waals surface area contributed by atoms with Crippen LogP contribution in [0.2, 0.25) is 0 Å². The second-order valence-corrected chi connectivity index (χ2v) is 5.48. The van der Waals surface area contributed by atoms with Gasteiger partial charge in [-0.3, -0.25) is 4.90 Å². The van der Waals surface area contributed by atoms with Gasteiger partial charge in [0.1, 0.15) is 18.5 Å². The first kappa shape index (κ1) is 13.2. The van der Waals surface area contributed by atoms with Crippen molar-refractivity contribution in [1.82, 2.24) is 19.7 Å². The molecule has 0 spiro atoms. The number of hydrogen-bond acceptors (Lipinski definition) is 3. The van der Waals surface area contributed by atoms with E-state index in [9.17, 15) is 4.39 Å². The SMILES string of the molecule is Cc1ccc(F)cc1CN1CCC[C@H](n2cncn2)C1. The molecule has 0 bridgehead atoms. The van der Waals surface area contributed by atoms with Gasteiger partial charge < -0.3 is 0 Å². The van der Waals surface area contributed by atoms with Crippen molar-refractivity contribution in [3.63, 3.8) is 0 Å². The highest BCUT2D eigenvalue weighted by Crippen LogP contribution is 2.22. The smallest absolute Gasteiger partial charge is 0.137 e. The summed E-state index contributed by atoms with van der Waals surface area (Å²) in [4.78, 5) is 6.39. The van der Waals surface area contributed by atoms with Crippen LogP contribution in [0.1, 0.15) is 30.0 Å². The van der Waals surface area contributed by atoms with E-state index >= 15 is 0 Å². The molecule has 0 N–H and O–H groups in total. The molecule has 1 aromatic carbocycles. The summed E-state index contributed by atoms with van der Waals surface area (Å²) in [5.74, 6) is -0.157. The minimum atomic E-state index is -0.157. The molecular weight excluding hydrogens is 255 g/mol. The molecule has 1 aliphatic heterocycles. The second kappa shape index (κ2) is 5.71. The number of aryl methyl sites for hydroxylation is 1. The van der Waals surface area contributed by atoms with Gasteiger partial charge in [0.05, 0.1) is 6.04 Å². The summed E-state index contributed by atoms with van der Waals surface area (Å²) in [5.41, 5.74) is 2.22. The topological polar surface area (TPSA) is 34.0 Å². The molecule has 0 unspecified atom stereocenters. The van der Waals surface area contributed by atoms with Crippen molar-refractivity contribution < 1.29 is 4.39 Å². The fraction of sp³-hybridized carbons (Fsp3) is 0.467. The molecule has 1 atom stereocenters. The van der Waals surface area contributed by atoms with Gasteiger partial charge in [-0.25, -0.2) is 14.1 Å². The molecule has 1 saturated heterocycles. The fourth-order valence-corrected chi connectivity index (χ4v) is 2.85. The Morgan fingerprint density at radius 3 is 3.10 bits per heavy atom. The largest absolute Gasteiger partial charge is 0.297 e. The lowest BCUT2D eigenvalue weighted by Crippen LogP contribution is -2.36. The molecule has 1 fully saturated rings. The van der Waals surface area contributed by atoms with Crippen molar-refractivity contribution in [1.29, 1.82) is 0 Å². The number of halogens is 1. The summed E-state index contributed by atoms with van der Waals surface area (Å²) in [6, 6.07) is 5.39. The molecule has 0 aliphatic carbocycles. The molecular formula is C15H19FN4. The van der Waals surface area contributed by atoms with E-state index in [1.165, 1.54) is 6.07 Å². The van der Waals surface area contributed by atoms with Gasteiger partial charge in [0.25, 0.3) is 0 Å². The second-order valence-electron chi connectivity index (χ2n) is 5.48. The van der Waals surface area contributed by atoms with E-state index in [0.29, 0.717) is 6.04 Å². The van der Waals surface area contributed by atoms with Crippen LogP contribution in [0.15, 0.2) is 30.9 Å². The van der Waals surface area contributed by atoms with Crippen LogP contribution >= 0.6 is 0 Å². The summed E-state index contributed by atoms with van der Waals surface area (Å²) in [5, 5.41) is 4.23. The summed E-state index contributed by atoms with van der Waals surface area (Å²) < 4.78 is 15.3. The molecule has 20 heavy (non-hydrogen) atoms. The Bertz CT molecular complexity index is 567. The van der Waals surface area contributed by atoms with E-state index in [-0.39, 0.29) is 5.82 Å². The Labute approximate surface area is 118 Å². The zero-order valence-electron chi connectivity index (χ0n) is 11.7. The normalized spacial score (nSPS) is 20.2. The van der Waals surface area contributed by atoms with Crippen LogP contribution < -0.4 is 0 Å². The summed E-state index contributed by atoms with van der Waals surface area (Å²) in [6.07, 6.45) is 5.62. The standard InChI is InChI=1S/C15H19FN4/c1-12-4-5-14(16)7-13(12)8-19-6-2-3-15(9-19)20-11-17-10-18-20/h4-5,7,10-11,15H,2-3,6,8-9H2,1H3/t15-/m0/s1. The Balaban J connectivity index is 1.70. The van der Waals surface area contributed by atoms with Crippen molar-refractivity contribution in [2.24, 2.45) is 0 Å². The van der Waals surface area contributed by atoms with Crippen LogP contribution in [0.25, 0.3) is 0 Å². The third-order valence-electron chi connectivity index (χ3n) is 4.00. The van der Waals surface area contributed by atoms with Crippen LogP contribution in [0.5, 0.6) is 0 Å². The third kappa shape index (κ3) is 2.88. The van der Waals surface area contributed by atoms with Gasteiger partial charge in [-0.15, -0.1) is 0 Å². The summed E-state index contributed by atoms with van der Waals surface area (Å²) >= 11 is 0. The molecule has 0 saturated carbocycles. The molecule has 2 heterocycles. The monoisotopic (exact) mass is 274 g/mol. The number of nitrogens with zero attached hydrogens (tertiary/aromatic N) is 4. The number of rotatable bonds is 3. The lowest BCUT2D eigenvalue weighted by molar-refractivity contribution is 0.162. The first-order valence-corrected chi connectivity index (χ1v) is 7.04. The van der Waals surface area contributed by atoms with Crippen LogP contribution in [-0.4, -0.2) is 32.8 Å². The molecule has 2 aromatic rings. The quantitative estimate of drug-likeness (QED) is 0.862. The van der Waals surface area contributed by atoms with E-state index in [2.05, 4.69) is 15.0 Å². The van der Waals surface area contributed by atoms with Gasteiger partial charge in [0.15, 0.2) is 0 Å². The van der Waals surface area contributed by atoms with Crippen molar-refractivity contribution in [3.05, 3.63) is 47.8 Å². The van der Waals surface area contributed by atoms with Crippen molar-refractivity contribution >= 4 is 0 Å². The third-order valence-corrected chi connectivity index (χ3v) is 4.00. The van der Waals surface area contributed by atoms with Crippen molar-refractivity contribution in [3.8, 4) is 0 Å². The van der Waals surface area contributed by atoms with Gasteiger partial charge in [0, 0.05) is 13.1 Å². The van der Waals surface area contributed by atoms with Gasteiger partial charge in [0.2, 0.25) is 0 Å². The molecule has 3 rings (SSSR count). The predicted molar refractivity (Wildman–Crippen MR) is 74.7 cm³/mol. The van der Waals surface area contributed by atoms with E-state index in [0.717, 1.165) is 43.6 Å². The Morgan fingerprint density at radius 2 is 2.30 bits per heavy atom. The van der Waals surface area contributed by atoms with Gasteiger partial charge >= 0.3 is 0 Å². The number of piperidine rings is 1. The van der Waals surface area contributed by atoms with Gasteiger partial charge in [-0.2, -0.15) is 5.10 Å². The minimum Gasteiger partial charge on any atom is -0.297 e. The van der Waals surface area contributed by atoms with E-state index in [4.69, 9.17) is 0 Å². The van der Waals surface area contributed by atoms with Crippen LogP contribution in [-0.2, 0) is 6.54 Å². The number of hydrogen-bond donors (Lipinski definition) is 0. The van der Waals surface area contributed by atoms with Crippen molar-refractivity contribution in [2.45, 2.75) is 32.4 Å². The highest BCUT2D eigenvalue weighted by atomic mass is 19.1. The molecule has 1 aromatic heterocycles. The molecule has 106 valence electrons. The Kier molecular flexibility index (Phi) is 3.78. The maximum Gasteiger partial charge on any atom is 0.137 e. The average molecular weight is 274 g/mol. The van der Waals surface area contributed by atoms with Gasteiger partial charge in [-0.05, 0) is 49.6 Å². The average Bonchev–Trinajstić information content (AvgIpc) is 2.97. The Morgan fingerprint density at radius 1 is 1.40 bits per heavy atom. The van der Waals surface area contributed by atoms with Crippen LogP contribution in [0, 0.1) is 12.7 Å². The van der Waals surface area contributed by atoms with E-state index in [1.54, 1.807) is 18.7 Å². The van der Waals surface area contributed by atoms with Crippen LogP contribution in [0.3, 0.4) is 0 Å². The maximum atomic E-state index is 13.4. The lowest BCUT2D eigenvalue weighted by Gasteiger charge is -2.32. The highest BCUT2D eigenvalue weighted by Gasteiger charge is 2.22. The first-order chi connectivity index (χ1) is 9.72. The van der Waals surface area contributed by atoms with Crippen LogP contribution in [0.4, 0.5) is 4.39 Å². The molecule has 0 amide bonds. The highest BCUT2D eigenvalue weighted by molar-refractivity contribution is 5.26. The van der Waals surface area contributed by atoms with E-state index < -0.39 is 0 Å². The first-order valence-electron chi connectivity index (χ1n) is 7.04. The van der Waals surface area contributed by atoms with E-state index in [1.807, 2.05) is 17.7 Å². The molecule has 4 nitrogen and oxygen atoms in total. The molecule has 1 aliphatic rings.